The zero-order chi connectivity index (χ0) is 13.4. The lowest BCUT2D eigenvalue weighted by Gasteiger charge is -2.31. The molecule has 1 aromatic rings. The molecule has 0 aliphatic heterocycles. The van der Waals surface area contributed by atoms with Gasteiger partial charge in [0.25, 0.3) is 5.92 Å². The van der Waals surface area contributed by atoms with Crippen molar-refractivity contribution in [1.82, 2.24) is 0 Å². The SMILES string of the molecule is CC(F)(F)C(N)(C(=O)O)c1ccc(O)c(O)c1. The minimum Gasteiger partial charge on any atom is -0.504 e. The van der Waals surface area contributed by atoms with Crippen molar-refractivity contribution in [2.75, 3.05) is 0 Å². The lowest BCUT2D eigenvalue weighted by Crippen LogP contribution is -2.57. The summed E-state index contributed by atoms with van der Waals surface area (Å²) in [6.07, 6.45) is 0. The average molecular weight is 247 g/mol. The summed E-state index contributed by atoms with van der Waals surface area (Å²) < 4.78 is 26.6. The number of phenols is 2. The quantitative estimate of drug-likeness (QED) is 0.596. The Kier molecular flexibility index (Phi) is 2.98. The molecule has 0 radical (unpaired) electrons. The van der Waals surface area contributed by atoms with E-state index < -0.39 is 34.5 Å². The third-order valence-electron chi connectivity index (χ3n) is 2.46. The Morgan fingerprint density at radius 1 is 1.29 bits per heavy atom. The van der Waals surface area contributed by atoms with Gasteiger partial charge >= 0.3 is 5.97 Å². The molecule has 5 N–H and O–H groups in total. The first-order chi connectivity index (χ1) is 7.60. The maximum Gasteiger partial charge on any atom is 0.334 e. The minimum atomic E-state index is -3.75. The van der Waals surface area contributed by atoms with E-state index in [9.17, 15) is 13.6 Å². The number of halogens is 2. The number of hydrogen-bond acceptors (Lipinski definition) is 4. The fraction of sp³-hybridized carbons (Fsp3) is 0.300. The first-order valence-electron chi connectivity index (χ1n) is 4.53. The summed E-state index contributed by atoms with van der Waals surface area (Å²) >= 11 is 0. The molecule has 17 heavy (non-hydrogen) atoms. The molecule has 1 rings (SSSR count). The number of carboxylic acids is 1. The van der Waals surface area contributed by atoms with Gasteiger partial charge < -0.3 is 21.1 Å². The second-order valence-corrected chi connectivity index (χ2v) is 3.71. The van der Waals surface area contributed by atoms with Gasteiger partial charge in [-0.2, -0.15) is 0 Å². The van der Waals surface area contributed by atoms with Crippen LogP contribution in [0, 0.1) is 0 Å². The Morgan fingerprint density at radius 2 is 1.82 bits per heavy atom. The number of carboxylic acid groups (broad SMARTS) is 1. The van der Waals surface area contributed by atoms with Crippen LogP contribution >= 0.6 is 0 Å². The fourth-order valence-electron chi connectivity index (χ4n) is 1.33. The van der Waals surface area contributed by atoms with Crippen LogP contribution in [0.3, 0.4) is 0 Å². The van der Waals surface area contributed by atoms with Crippen molar-refractivity contribution >= 4 is 5.97 Å². The highest BCUT2D eigenvalue weighted by Crippen LogP contribution is 2.38. The topological polar surface area (TPSA) is 104 Å². The van der Waals surface area contributed by atoms with Gasteiger partial charge in [-0.15, -0.1) is 0 Å². The van der Waals surface area contributed by atoms with Crippen LogP contribution in [0.2, 0.25) is 0 Å². The smallest absolute Gasteiger partial charge is 0.334 e. The van der Waals surface area contributed by atoms with Gasteiger partial charge in [0, 0.05) is 6.92 Å². The first-order valence-corrected chi connectivity index (χ1v) is 4.53. The summed E-state index contributed by atoms with van der Waals surface area (Å²) in [5.41, 5.74) is 1.74. The summed E-state index contributed by atoms with van der Waals surface area (Å²) in [6.45, 7) is 0.366. The molecule has 0 bridgehead atoms. The van der Waals surface area contributed by atoms with Crippen LogP contribution in [0.5, 0.6) is 11.5 Å². The van der Waals surface area contributed by atoms with Crippen molar-refractivity contribution in [1.29, 1.82) is 0 Å². The summed E-state index contributed by atoms with van der Waals surface area (Å²) in [6, 6.07) is 2.50. The Bertz CT molecular complexity index is 458. The number of rotatable bonds is 3. The molecule has 0 fully saturated rings. The number of carbonyl (C=O) groups is 1. The molecular formula is C10H11F2NO4. The summed E-state index contributed by atoms with van der Waals surface area (Å²) in [5, 5.41) is 27.0. The molecule has 1 unspecified atom stereocenters. The molecule has 94 valence electrons. The fourth-order valence-corrected chi connectivity index (χ4v) is 1.33. The van der Waals surface area contributed by atoms with E-state index in [0.717, 1.165) is 12.1 Å². The molecule has 0 saturated carbocycles. The van der Waals surface area contributed by atoms with Gasteiger partial charge in [0.1, 0.15) is 0 Å². The van der Waals surface area contributed by atoms with Crippen LogP contribution in [-0.4, -0.2) is 27.2 Å². The zero-order valence-electron chi connectivity index (χ0n) is 8.82. The number of aromatic hydroxyl groups is 2. The molecule has 0 heterocycles. The third kappa shape index (κ3) is 2.01. The highest BCUT2D eigenvalue weighted by atomic mass is 19.3. The highest BCUT2D eigenvalue weighted by molar-refractivity contribution is 5.82. The van der Waals surface area contributed by atoms with Crippen LogP contribution in [0.4, 0.5) is 8.78 Å². The molecule has 0 aliphatic carbocycles. The van der Waals surface area contributed by atoms with Crippen LogP contribution < -0.4 is 5.73 Å². The minimum absolute atomic E-state index is 0.366. The lowest BCUT2D eigenvalue weighted by molar-refractivity contribution is -0.160. The van der Waals surface area contributed by atoms with Gasteiger partial charge in [-0.3, -0.25) is 0 Å². The molecule has 0 aromatic heterocycles. The van der Waals surface area contributed by atoms with Crippen molar-refractivity contribution in [3.8, 4) is 11.5 Å². The Morgan fingerprint density at radius 3 is 2.18 bits per heavy atom. The van der Waals surface area contributed by atoms with Gasteiger partial charge in [0.2, 0.25) is 5.54 Å². The van der Waals surface area contributed by atoms with Crippen LogP contribution in [0.25, 0.3) is 0 Å². The lowest BCUT2D eigenvalue weighted by atomic mass is 9.85. The molecule has 0 saturated heterocycles. The van der Waals surface area contributed by atoms with Crippen molar-refractivity contribution in [3.05, 3.63) is 23.8 Å². The molecule has 0 amide bonds. The van der Waals surface area contributed by atoms with E-state index in [1.165, 1.54) is 0 Å². The van der Waals surface area contributed by atoms with E-state index in [0.29, 0.717) is 13.0 Å². The molecule has 1 aromatic carbocycles. The predicted molar refractivity (Wildman–Crippen MR) is 53.9 cm³/mol. The summed E-state index contributed by atoms with van der Waals surface area (Å²) in [7, 11) is 0. The van der Waals surface area contributed by atoms with Gasteiger partial charge in [-0.1, -0.05) is 6.07 Å². The number of phenolic OH excluding ortho intramolecular Hbond substituents is 2. The number of hydrogen-bond donors (Lipinski definition) is 4. The predicted octanol–water partition coefficient (Wildman–Crippen LogP) is 0.992. The molecule has 1 atom stereocenters. The van der Waals surface area contributed by atoms with E-state index in [1.807, 2.05) is 0 Å². The maximum atomic E-state index is 13.3. The number of alkyl halides is 2. The summed E-state index contributed by atoms with van der Waals surface area (Å²) in [5.74, 6) is -6.96. The number of nitrogens with two attached hydrogens (primary N) is 1. The Labute approximate surface area is 95.1 Å². The maximum absolute atomic E-state index is 13.3. The monoisotopic (exact) mass is 247 g/mol. The van der Waals surface area contributed by atoms with Crippen LogP contribution in [-0.2, 0) is 10.3 Å². The van der Waals surface area contributed by atoms with E-state index in [-0.39, 0.29) is 0 Å². The van der Waals surface area contributed by atoms with Crippen molar-refractivity contribution < 1.29 is 28.9 Å². The average Bonchev–Trinajstić information content (AvgIpc) is 2.19. The third-order valence-corrected chi connectivity index (χ3v) is 2.46. The van der Waals surface area contributed by atoms with E-state index >= 15 is 0 Å². The second-order valence-electron chi connectivity index (χ2n) is 3.71. The van der Waals surface area contributed by atoms with Crippen molar-refractivity contribution in [2.45, 2.75) is 18.4 Å². The Balaban J connectivity index is 3.44. The first kappa shape index (κ1) is 13.2. The molecule has 7 heteroatoms. The largest absolute Gasteiger partial charge is 0.504 e. The van der Waals surface area contributed by atoms with Crippen LogP contribution in [0.1, 0.15) is 12.5 Å². The van der Waals surface area contributed by atoms with Crippen LogP contribution in [0.15, 0.2) is 18.2 Å². The van der Waals surface area contributed by atoms with Crippen molar-refractivity contribution in [2.24, 2.45) is 5.73 Å². The molecule has 5 nitrogen and oxygen atoms in total. The van der Waals surface area contributed by atoms with Gasteiger partial charge in [0.15, 0.2) is 11.5 Å². The number of aliphatic carboxylic acids is 1. The van der Waals surface area contributed by atoms with E-state index in [2.05, 4.69) is 0 Å². The van der Waals surface area contributed by atoms with Gasteiger partial charge in [0.05, 0.1) is 0 Å². The highest BCUT2D eigenvalue weighted by Gasteiger charge is 2.55. The van der Waals surface area contributed by atoms with E-state index in [4.69, 9.17) is 21.1 Å². The van der Waals surface area contributed by atoms with Gasteiger partial charge in [-0.25, -0.2) is 13.6 Å². The standard InChI is InChI=1S/C10H11F2NO4/c1-9(11,12)10(13,8(16)17)5-2-3-6(14)7(15)4-5/h2-4,14-15H,13H2,1H3,(H,16,17). The number of benzene rings is 1. The second kappa shape index (κ2) is 3.85. The molecular weight excluding hydrogens is 236 g/mol. The normalized spacial score (nSPS) is 15.3. The molecule has 0 spiro atoms. The van der Waals surface area contributed by atoms with Gasteiger partial charge in [-0.05, 0) is 17.7 Å². The summed E-state index contributed by atoms with van der Waals surface area (Å²) in [4.78, 5) is 10.9. The van der Waals surface area contributed by atoms with Crippen molar-refractivity contribution in [3.63, 3.8) is 0 Å². The Hall–Kier alpha value is -1.89. The molecule has 0 aliphatic rings. The zero-order valence-corrected chi connectivity index (χ0v) is 8.82. The van der Waals surface area contributed by atoms with E-state index in [1.54, 1.807) is 0 Å².